The molecular weight excluding hydrogens is 915 g/mol. The van der Waals surface area contributed by atoms with Crippen molar-refractivity contribution in [1.82, 2.24) is 5.32 Å². The van der Waals surface area contributed by atoms with Gasteiger partial charge in [-0.3, -0.25) is 18.9 Å². The Bertz CT molecular complexity index is 1430. The van der Waals surface area contributed by atoms with E-state index in [1.54, 1.807) is 0 Å². The standard InChI is InChI=1S/C54H105NO12SSi/c1-9-12-15-18-21-24-26-29-32-35-38-41-48(57)64-45(40-37-34-31-28-23-20-17-14-11-3)43-47(56)55-50-52(66-49(58)42-39-36-33-30-27-25-22-19-16-13-10-2)51(67-68(60,61)62)46(65-53(50)59)44-63-69(7,8)54(4,5)6/h45-46,50-53,59H,9-44H2,1-8H3,(H,55,56)(H,60,61,62)/t45-,46-,50-,51-,52-,53?/m1/s1. The molecule has 69 heavy (non-hydrogen) atoms. The smallest absolute Gasteiger partial charge is 0.397 e. The minimum absolute atomic E-state index is 0.0186. The van der Waals surface area contributed by atoms with E-state index in [9.17, 15) is 32.5 Å². The van der Waals surface area contributed by atoms with Gasteiger partial charge in [0.05, 0.1) is 13.0 Å². The molecule has 1 fully saturated rings. The molecule has 0 spiro atoms. The number of aliphatic hydroxyl groups excluding tert-OH is 1. The summed E-state index contributed by atoms with van der Waals surface area (Å²) in [7, 11) is -7.63. The number of hydrogen-bond acceptors (Lipinski definition) is 11. The molecule has 0 saturated carbocycles. The Hall–Kier alpha value is -1.62. The van der Waals surface area contributed by atoms with Crippen LogP contribution in [0.2, 0.25) is 18.1 Å². The molecule has 1 aliphatic heterocycles. The van der Waals surface area contributed by atoms with E-state index < -0.39 is 67.3 Å². The first-order valence-electron chi connectivity index (χ1n) is 28.2. The summed E-state index contributed by atoms with van der Waals surface area (Å²) in [4.78, 5) is 40.8. The van der Waals surface area contributed by atoms with Gasteiger partial charge in [-0.25, -0.2) is 4.18 Å². The molecule has 1 unspecified atom stereocenters. The van der Waals surface area contributed by atoms with Crippen molar-refractivity contribution in [3.63, 3.8) is 0 Å². The molecule has 0 aliphatic carbocycles. The first kappa shape index (κ1) is 65.4. The Labute approximate surface area is 423 Å². The van der Waals surface area contributed by atoms with Gasteiger partial charge >= 0.3 is 22.3 Å². The Kier molecular flexibility index (Phi) is 36.9. The number of carbonyl (C=O) groups is 3. The van der Waals surface area contributed by atoms with Crippen molar-refractivity contribution in [2.24, 2.45) is 0 Å². The summed E-state index contributed by atoms with van der Waals surface area (Å²) < 4.78 is 64.2. The van der Waals surface area contributed by atoms with Crippen LogP contribution >= 0.6 is 0 Å². The van der Waals surface area contributed by atoms with Crippen molar-refractivity contribution in [3.8, 4) is 0 Å². The Morgan fingerprint density at radius 1 is 0.609 bits per heavy atom. The van der Waals surface area contributed by atoms with E-state index in [0.717, 1.165) is 70.6 Å². The SMILES string of the molecule is CCCCCCCCCCCCCC(=O)O[C@H](CCCCCCCCCCC)CC(=O)N[C@H]1C(O)O[C@H](CO[Si](C)(C)C(C)(C)C)[C@@H](OS(=O)(=O)O)[C@@H]1OC(=O)CCCCCCCCCCCCC. The van der Waals surface area contributed by atoms with E-state index in [1.807, 2.05) is 33.9 Å². The van der Waals surface area contributed by atoms with E-state index in [2.05, 4.69) is 26.1 Å². The van der Waals surface area contributed by atoms with Crippen molar-refractivity contribution < 1.29 is 55.3 Å². The molecule has 0 aromatic carbocycles. The molecule has 0 aromatic rings. The Balaban J connectivity index is 3.14. The molecule has 408 valence electrons. The van der Waals surface area contributed by atoms with Crippen LogP contribution in [0.5, 0.6) is 0 Å². The van der Waals surface area contributed by atoms with Crippen LogP contribution < -0.4 is 5.32 Å². The fourth-order valence-electron chi connectivity index (χ4n) is 8.77. The molecule has 1 saturated heterocycles. The maximum absolute atomic E-state index is 14.0. The average Bonchev–Trinajstić information content (AvgIpc) is 3.27. The third kappa shape index (κ3) is 32.9. The predicted octanol–water partition coefficient (Wildman–Crippen LogP) is 13.9. The van der Waals surface area contributed by atoms with Crippen LogP contribution in [0.3, 0.4) is 0 Å². The van der Waals surface area contributed by atoms with Gasteiger partial charge in [-0.05, 0) is 43.8 Å². The monoisotopic (exact) mass is 1020 g/mol. The topological polar surface area (TPSA) is 184 Å². The van der Waals surface area contributed by atoms with Gasteiger partial charge in [-0.15, -0.1) is 0 Å². The van der Waals surface area contributed by atoms with Crippen LogP contribution in [0.15, 0.2) is 0 Å². The van der Waals surface area contributed by atoms with Crippen LogP contribution in [0, 0.1) is 0 Å². The van der Waals surface area contributed by atoms with Gasteiger partial charge in [-0.2, -0.15) is 8.42 Å². The van der Waals surface area contributed by atoms with Crippen molar-refractivity contribution in [2.75, 3.05) is 6.61 Å². The molecular formula is C54H105NO12SSi. The van der Waals surface area contributed by atoms with Crippen LogP contribution in [0.1, 0.15) is 266 Å². The van der Waals surface area contributed by atoms with Gasteiger partial charge in [0.25, 0.3) is 0 Å². The zero-order chi connectivity index (χ0) is 51.4. The highest BCUT2D eigenvalue weighted by Gasteiger charge is 2.52. The number of aliphatic hydroxyl groups is 1. The van der Waals surface area contributed by atoms with Gasteiger partial charge in [0.1, 0.15) is 24.4 Å². The van der Waals surface area contributed by atoms with E-state index in [0.29, 0.717) is 19.3 Å². The molecule has 3 N–H and O–H groups in total. The van der Waals surface area contributed by atoms with Crippen molar-refractivity contribution >= 4 is 36.6 Å². The lowest BCUT2D eigenvalue weighted by Crippen LogP contribution is -2.66. The molecule has 0 bridgehead atoms. The van der Waals surface area contributed by atoms with Crippen molar-refractivity contribution in [3.05, 3.63) is 0 Å². The van der Waals surface area contributed by atoms with Crippen LogP contribution in [0.4, 0.5) is 0 Å². The lowest BCUT2D eigenvalue weighted by molar-refractivity contribution is -0.253. The average molecular weight is 1020 g/mol. The normalized spacial score (nSPS) is 19.4. The third-order valence-corrected chi connectivity index (χ3v) is 19.2. The lowest BCUT2D eigenvalue weighted by atomic mass is 9.96. The number of hydrogen-bond donors (Lipinski definition) is 3. The molecule has 0 aromatic heterocycles. The molecule has 1 amide bonds. The third-order valence-electron chi connectivity index (χ3n) is 14.2. The zero-order valence-corrected chi connectivity index (χ0v) is 47.1. The summed E-state index contributed by atoms with van der Waals surface area (Å²) in [6.45, 7) is 16.5. The highest BCUT2D eigenvalue weighted by molar-refractivity contribution is 7.80. The summed E-state index contributed by atoms with van der Waals surface area (Å²) in [6.07, 6.45) is 28.1. The summed E-state index contributed by atoms with van der Waals surface area (Å²) >= 11 is 0. The highest BCUT2D eigenvalue weighted by atomic mass is 32.3. The highest BCUT2D eigenvalue weighted by Crippen LogP contribution is 2.38. The number of carbonyl (C=O) groups excluding carboxylic acids is 3. The maximum Gasteiger partial charge on any atom is 0.397 e. The Morgan fingerprint density at radius 3 is 1.41 bits per heavy atom. The van der Waals surface area contributed by atoms with Gasteiger partial charge < -0.3 is 29.1 Å². The minimum Gasteiger partial charge on any atom is -0.462 e. The van der Waals surface area contributed by atoms with E-state index >= 15 is 0 Å². The fraction of sp³-hybridized carbons (Fsp3) is 0.944. The fourth-order valence-corrected chi connectivity index (χ4v) is 10.3. The van der Waals surface area contributed by atoms with Crippen LogP contribution in [-0.4, -0.2) is 87.6 Å². The number of ether oxygens (including phenoxy) is 3. The van der Waals surface area contributed by atoms with Gasteiger partial charge in [0.15, 0.2) is 20.7 Å². The second-order valence-corrected chi connectivity index (χ2v) is 27.5. The van der Waals surface area contributed by atoms with Crippen molar-refractivity contribution in [2.45, 2.75) is 321 Å². The largest absolute Gasteiger partial charge is 0.462 e. The van der Waals surface area contributed by atoms with Crippen LogP contribution in [-0.2, 0) is 47.6 Å². The molecule has 1 heterocycles. The molecule has 6 atom stereocenters. The summed E-state index contributed by atoms with van der Waals surface area (Å²) in [5.41, 5.74) is 0. The second-order valence-electron chi connectivity index (χ2n) is 21.7. The second kappa shape index (κ2) is 38.9. The Morgan fingerprint density at radius 2 is 1.00 bits per heavy atom. The maximum atomic E-state index is 14.0. The van der Waals surface area contributed by atoms with E-state index in [4.69, 9.17) is 22.8 Å². The first-order valence-corrected chi connectivity index (χ1v) is 32.4. The van der Waals surface area contributed by atoms with E-state index in [1.165, 1.54) is 116 Å². The summed E-state index contributed by atoms with van der Waals surface area (Å²) in [5, 5.41) is 14.0. The van der Waals surface area contributed by atoms with E-state index in [-0.39, 0.29) is 36.9 Å². The van der Waals surface area contributed by atoms with Gasteiger partial charge in [-0.1, -0.05) is 221 Å². The van der Waals surface area contributed by atoms with Gasteiger partial charge in [0.2, 0.25) is 5.91 Å². The number of esters is 2. The number of rotatable bonds is 44. The minimum atomic E-state index is -5.16. The molecule has 0 radical (unpaired) electrons. The number of unbranched alkanes of at least 4 members (excludes halogenated alkanes) is 28. The molecule has 15 heteroatoms. The molecule has 1 aliphatic rings. The van der Waals surface area contributed by atoms with Crippen LogP contribution in [0.25, 0.3) is 0 Å². The number of nitrogens with one attached hydrogen (secondary N) is 1. The lowest BCUT2D eigenvalue weighted by Gasteiger charge is -2.45. The quantitative estimate of drug-likeness (QED) is 0.0227. The molecule has 1 rings (SSSR count). The van der Waals surface area contributed by atoms with Crippen molar-refractivity contribution in [1.29, 1.82) is 0 Å². The zero-order valence-electron chi connectivity index (χ0n) is 45.3. The van der Waals surface area contributed by atoms with Gasteiger partial charge in [0, 0.05) is 12.8 Å². The molecule has 13 nitrogen and oxygen atoms in total. The first-order chi connectivity index (χ1) is 32.8. The summed E-state index contributed by atoms with van der Waals surface area (Å²) in [6, 6.07) is -1.49. The number of amides is 1. The predicted molar refractivity (Wildman–Crippen MR) is 281 cm³/mol. The summed E-state index contributed by atoms with van der Waals surface area (Å²) in [5.74, 6) is -1.64.